The van der Waals surface area contributed by atoms with Crippen molar-refractivity contribution >= 4 is 21.6 Å². The summed E-state index contributed by atoms with van der Waals surface area (Å²) in [6, 6.07) is 4.10. The Labute approximate surface area is 172 Å². The Balaban J connectivity index is 1.99. The van der Waals surface area contributed by atoms with Crippen LogP contribution in [0, 0.1) is 17.1 Å². The van der Waals surface area contributed by atoms with E-state index in [1.807, 2.05) is 0 Å². The smallest absolute Gasteiger partial charge is 0.276 e. The molecule has 2 atom stereocenters. The van der Waals surface area contributed by atoms with Gasteiger partial charge in [0.25, 0.3) is 5.91 Å². The van der Waals surface area contributed by atoms with E-state index in [1.54, 1.807) is 6.07 Å². The Morgan fingerprint density at radius 2 is 2.27 bits per heavy atom. The van der Waals surface area contributed by atoms with Gasteiger partial charge in [0.2, 0.25) is 10.0 Å². The predicted molar refractivity (Wildman–Crippen MR) is 105 cm³/mol. The maximum Gasteiger partial charge on any atom is 0.276 e. The van der Waals surface area contributed by atoms with Crippen molar-refractivity contribution in [2.75, 3.05) is 11.9 Å². The van der Waals surface area contributed by atoms with E-state index >= 15 is 0 Å². The molecule has 2 heterocycles. The summed E-state index contributed by atoms with van der Waals surface area (Å²) in [7, 11) is -2.66. The Hall–Kier alpha value is -3.20. The van der Waals surface area contributed by atoms with Crippen molar-refractivity contribution in [1.82, 2.24) is 9.29 Å². The molecule has 0 fully saturated rings. The number of nitrogens with zero attached hydrogens (tertiary/aromatic N) is 2. The van der Waals surface area contributed by atoms with Crippen molar-refractivity contribution in [1.29, 1.82) is 5.26 Å². The lowest BCUT2D eigenvalue weighted by atomic mass is 9.98. The first-order valence-electron chi connectivity index (χ1n) is 8.71. The van der Waals surface area contributed by atoms with Crippen LogP contribution in [0.3, 0.4) is 0 Å². The minimum atomic E-state index is -4.12. The number of nitrogens with one attached hydrogen (secondary N) is 2. The van der Waals surface area contributed by atoms with Crippen LogP contribution in [-0.2, 0) is 17.1 Å². The third-order valence-corrected chi connectivity index (χ3v) is 6.23. The van der Waals surface area contributed by atoms with Crippen molar-refractivity contribution in [2.24, 2.45) is 7.05 Å². The molecular formula is C19H19FN4O5S. The lowest BCUT2D eigenvalue weighted by molar-refractivity contribution is 0.0555. The second-order valence-electron chi connectivity index (χ2n) is 6.96. The van der Waals surface area contributed by atoms with Gasteiger partial charge in [-0.1, -0.05) is 6.08 Å². The summed E-state index contributed by atoms with van der Waals surface area (Å²) in [6.07, 6.45) is 2.40. The van der Waals surface area contributed by atoms with Gasteiger partial charge < -0.3 is 19.7 Å². The molecule has 0 bridgehead atoms. The van der Waals surface area contributed by atoms with E-state index in [9.17, 15) is 22.7 Å². The van der Waals surface area contributed by atoms with Crippen molar-refractivity contribution in [3.05, 3.63) is 54.1 Å². The second-order valence-corrected chi connectivity index (χ2v) is 8.64. The van der Waals surface area contributed by atoms with E-state index in [1.165, 1.54) is 36.9 Å². The summed E-state index contributed by atoms with van der Waals surface area (Å²) in [6.45, 7) is 4.61. The molecule has 11 heteroatoms. The third-order valence-electron chi connectivity index (χ3n) is 4.76. The molecule has 1 amide bonds. The number of amides is 1. The predicted octanol–water partition coefficient (Wildman–Crippen LogP) is 1.26. The van der Waals surface area contributed by atoms with Gasteiger partial charge in [0, 0.05) is 18.9 Å². The molecule has 9 nitrogen and oxygen atoms in total. The zero-order valence-corrected chi connectivity index (χ0v) is 17.0. The number of carbonyl (C=O) groups excluding carboxylic acids is 1. The quantitative estimate of drug-likeness (QED) is 0.621. The normalized spacial score (nSPS) is 19.4. The van der Waals surface area contributed by atoms with Crippen LogP contribution >= 0.6 is 0 Å². The number of nitriles is 1. The minimum absolute atomic E-state index is 0.0999. The molecule has 2 unspecified atom stereocenters. The van der Waals surface area contributed by atoms with E-state index in [0.717, 1.165) is 12.1 Å². The van der Waals surface area contributed by atoms with Crippen LogP contribution < -0.4 is 14.8 Å². The summed E-state index contributed by atoms with van der Waals surface area (Å²) in [5, 5.41) is 21.8. The van der Waals surface area contributed by atoms with Gasteiger partial charge >= 0.3 is 0 Å². The van der Waals surface area contributed by atoms with Crippen LogP contribution in [0.15, 0.2) is 41.9 Å². The highest BCUT2D eigenvalue weighted by atomic mass is 32.2. The Morgan fingerprint density at radius 1 is 1.57 bits per heavy atom. The molecule has 0 spiro atoms. The zero-order valence-electron chi connectivity index (χ0n) is 16.1. The van der Waals surface area contributed by atoms with Crippen LogP contribution in [-0.4, -0.2) is 42.2 Å². The molecule has 0 aliphatic carbocycles. The molecular weight excluding hydrogens is 415 g/mol. The summed E-state index contributed by atoms with van der Waals surface area (Å²) >= 11 is 0. The van der Waals surface area contributed by atoms with Gasteiger partial charge in [-0.2, -0.15) is 5.26 Å². The molecule has 1 aliphatic heterocycles. The Bertz CT molecular complexity index is 1180. The number of carbonyl (C=O) groups is 1. The molecule has 2 aromatic rings. The van der Waals surface area contributed by atoms with Gasteiger partial charge in [-0.05, 0) is 25.1 Å². The lowest BCUT2D eigenvalue weighted by Gasteiger charge is -2.28. The van der Waals surface area contributed by atoms with Crippen molar-refractivity contribution < 1.29 is 27.4 Å². The molecule has 0 radical (unpaired) electrons. The summed E-state index contributed by atoms with van der Waals surface area (Å²) in [5.41, 5.74) is -1.80. The molecule has 1 aromatic carbocycles. The molecule has 0 saturated heterocycles. The molecule has 3 rings (SSSR count). The number of aromatic nitrogens is 1. The number of fused-ring (bicyclic) bond motifs is 1. The van der Waals surface area contributed by atoms with Gasteiger partial charge in [-0.15, -0.1) is 6.58 Å². The monoisotopic (exact) mass is 434 g/mol. The Morgan fingerprint density at radius 3 is 2.90 bits per heavy atom. The summed E-state index contributed by atoms with van der Waals surface area (Å²) < 4.78 is 48.3. The number of aryl methyl sites for hydroxylation is 1. The SMILES string of the molecule is C=CC(C)(O)C1COc2c(cn(C)c2C(=O)Nc2ccc(F)c(C#N)c2)S(=O)(=O)N1. The lowest BCUT2D eigenvalue weighted by Crippen LogP contribution is -2.51. The van der Waals surface area contributed by atoms with E-state index in [-0.39, 0.29) is 34.2 Å². The van der Waals surface area contributed by atoms with E-state index in [4.69, 9.17) is 10.00 Å². The first kappa shape index (κ1) is 21.5. The van der Waals surface area contributed by atoms with Crippen molar-refractivity contribution in [3.63, 3.8) is 0 Å². The maximum absolute atomic E-state index is 13.5. The zero-order chi connectivity index (χ0) is 22.3. The van der Waals surface area contributed by atoms with Gasteiger partial charge in [0.15, 0.2) is 11.4 Å². The van der Waals surface area contributed by atoms with E-state index in [0.29, 0.717) is 0 Å². The number of halogens is 1. The third kappa shape index (κ3) is 3.80. The number of hydrogen-bond donors (Lipinski definition) is 3. The standard InChI is InChI=1S/C19H19FN4O5S/c1-4-19(2,26)15-10-29-17-14(30(27,28)23-15)9-24(3)16(17)18(25)22-12-5-6-13(20)11(7-12)8-21/h4-7,9,15,23,26H,1,10H2,2-3H3,(H,22,25). The highest BCUT2D eigenvalue weighted by Crippen LogP contribution is 2.34. The highest BCUT2D eigenvalue weighted by Gasteiger charge is 2.40. The number of hydrogen-bond acceptors (Lipinski definition) is 6. The fraction of sp³-hybridized carbons (Fsp3) is 0.263. The summed E-state index contributed by atoms with van der Waals surface area (Å²) in [4.78, 5) is 12.6. The number of benzene rings is 1. The van der Waals surface area contributed by atoms with Gasteiger partial charge in [0.05, 0.1) is 17.2 Å². The fourth-order valence-corrected chi connectivity index (χ4v) is 4.44. The van der Waals surface area contributed by atoms with Crippen LogP contribution in [0.2, 0.25) is 0 Å². The first-order chi connectivity index (χ1) is 14.0. The van der Waals surface area contributed by atoms with Gasteiger partial charge in [-0.25, -0.2) is 17.5 Å². The fourth-order valence-electron chi connectivity index (χ4n) is 2.93. The van der Waals surface area contributed by atoms with Crippen LogP contribution in [0.25, 0.3) is 0 Å². The number of ether oxygens (including phenoxy) is 1. The molecule has 158 valence electrons. The van der Waals surface area contributed by atoms with E-state index < -0.39 is 33.4 Å². The molecule has 30 heavy (non-hydrogen) atoms. The number of anilines is 1. The van der Waals surface area contributed by atoms with Crippen LogP contribution in [0.5, 0.6) is 5.75 Å². The average molecular weight is 434 g/mol. The maximum atomic E-state index is 13.5. The van der Waals surface area contributed by atoms with Gasteiger partial charge in [0.1, 0.15) is 23.4 Å². The van der Waals surface area contributed by atoms with Gasteiger partial charge in [-0.3, -0.25) is 4.79 Å². The number of rotatable bonds is 4. The Kier molecular flexibility index (Phi) is 5.42. The van der Waals surface area contributed by atoms with Crippen LogP contribution in [0.1, 0.15) is 23.0 Å². The molecule has 0 saturated carbocycles. The van der Waals surface area contributed by atoms with Crippen LogP contribution in [0.4, 0.5) is 10.1 Å². The minimum Gasteiger partial charge on any atom is -0.488 e. The molecule has 1 aromatic heterocycles. The first-order valence-corrected chi connectivity index (χ1v) is 10.2. The number of aliphatic hydroxyl groups is 1. The summed E-state index contributed by atoms with van der Waals surface area (Å²) in [5.74, 6) is -1.64. The second kappa shape index (κ2) is 7.56. The largest absolute Gasteiger partial charge is 0.488 e. The average Bonchev–Trinajstić information content (AvgIpc) is 2.97. The number of sulfonamides is 1. The molecule has 3 N–H and O–H groups in total. The molecule has 1 aliphatic rings. The van der Waals surface area contributed by atoms with E-state index in [2.05, 4.69) is 16.6 Å². The highest BCUT2D eigenvalue weighted by molar-refractivity contribution is 7.89. The topological polar surface area (TPSA) is 133 Å². The van der Waals surface area contributed by atoms with Crippen molar-refractivity contribution in [3.8, 4) is 11.8 Å². The van der Waals surface area contributed by atoms with Crippen molar-refractivity contribution in [2.45, 2.75) is 23.5 Å².